The molecule has 0 aliphatic heterocycles. The zero-order chi connectivity index (χ0) is 23.1. The zero-order valence-electron chi connectivity index (χ0n) is 18.1. The molecule has 0 fully saturated rings. The van der Waals surface area contributed by atoms with Gasteiger partial charge in [-0.3, -0.25) is 0 Å². The molecule has 3 rings (SSSR count). The number of benzene rings is 2. The number of aryl methyl sites for hydroxylation is 1. The van der Waals surface area contributed by atoms with Gasteiger partial charge in [-0.2, -0.15) is 0 Å². The van der Waals surface area contributed by atoms with Crippen LogP contribution in [-0.2, 0) is 24.2 Å². The number of nitrogens with zero attached hydrogens (tertiary/aromatic N) is 2. The van der Waals surface area contributed by atoms with Gasteiger partial charge in [-0.1, -0.05) is 37.6 Å². The molecule has 170 valence electrons. The molecule has 0 aliphatic rings. The summed E-state index contributed by atoms with van der Waals surface area (Å²) in [7, 11) is 1.55. The van der Waals surface area contributed by atoms with Crippen LogP contribution in [0, 0.1) is 0 Å². The molecule has 8 heteroatoms. The monoisotopic (exact) mass is 458 g/mol. The van der Waals surface area contributed by atoms with E-state index in [1.807, 2.05) is 12.1 Å². The Labute approximate surface area is 192 Å². The normalized spacial score (nSPS) is 11.9. The fraction of sp³-hybridized carbons (Fsp3) is 0.333. The predicted molar refractivity (Wildman–Crippen MR) is 121 cm³/mol. The Morgan fingerprint density at radius 2 is 1.78 bits per heavy atom. The van der Waals surface area contributed by atoms with Gasteiger partial charge in [0.2, 0.25) is 6.10 Å². The van der Waals surface area contributed by atoms with Gasteiger partial charge in [0, 0.05) is 30.2 Å². The van der Waals surface area contributed by atoms with Gasteiger partial charge in [-0.15, -0.1) is 0 Å². The second-order valence-corrected chi connectivity index (χ2v) is 7.73. The van der Waals surface area contributed by atoms with E-state index in [0.717, 1.165) is 36.3 Å². The van der Waals surface area contributed by atoms with E-state index in [1.165, 1.54) is 4.09 Å². The molecule has 32 heavy (non-hydrogen) atoms. The smallest absolute Gasteiger partial charge is 0.349 e. The largest absolute Gasteiger partial charge is 0.497 e. The molecular weight excluding hydrogens is 432 g/mol. The molecule has 0 saturated heterocycles. The first kappa shape index (κ1) is 23.6. The van der Waals surface area contributed by atoms with E-state index in [0.29, 0.717) is 29.2 Å². The maximum Gasteiger partial charge on any atom is 0.349 e. The first-order valence-corrected chi connectivity index (χ1v) is 10.8. The number of halogens is 1. The van der Waals surface area contributed by atoms with Gasteiger partial charge >= 0.3 is 5.97 Å². The quantitative estimate of drug-likeness (QED) is 0.438. The third kappa shape index (κ3) is 5.60. The van der Waals surface area contributed by atoms with E-state index in [1.54, 1.807) is 43.5 Å². The number of ether oxygens (including phenoxy) is 2. The van der Waals surface area contributed by atoms with Gasteiger partial charge in [-0.05, 0) is 36.2 Å². The summed E-state index contributed by atoms with van der Waals surface area (Å²) in [6.07, 6.45) is 2.11. The molecule has 1 aromatic heterocycles. The van der Waals surface area contributed by atoms with Gasteiger partial charge in [0.1, 0.15) is 17.3 Å². The minimum absolute atomic E-state index is 0.193. The lowest BCUT2D eigenvalue weighted by molar-refractivity contribution is -0.145. The van der Waals surface area contributed by atoms with Crippen molar-refractivity contribution in [3.05, 3.63) is 76.9 Å². The molecule has 7 nitrogen and oxygen atoms in total. The first-order chi connectivity index (χ1) is 15.5. The molecule has 0 aliphatic carbocycles. The third-order valence-electron chi connectivity index (χ3n) is 5.16. The molecule has 1 atom stereocenters. The highest BCUT2D eigenvalue weighted by Gasteiger charge is 2.22. The van der Waals surface area contributed by atoms with Crippen molar-refractivity contribution >= 4 is 17.7 Å². The Balaban J connectivity index is 1.73. The summed E-state index contributed by atoms with van der Waals surface area (Å²) in [5, 5.41) is 19.3. The lowest BCUT2D eigenvalue weighted by Crippen LogP contribution is -2.18. The average molecular weight is 459 g/mol. The van der Waals surface area contributed by atoms with Gasteiger partial charge < -0.3 is 19.7 Å². The topological polar surface area (TPSA) is 93.8 Å². The number of imidazole rings is 1. The van der Waals surface area contributed by atoms with Gasteiger partial charge in [-0.25, -0.2) is 13.9 Å². The molecule has 2 aromatic carbocycles. The highest BCUT2D eigenvalue weighted by atomic mass is 35.5. The van der Waals surface area contributed by atoms with Crippen LogP contribution in [0.2, 0.25) is 0 Å². The molecule has 1 unspecified atom stereocenters. The van der Waals surface area contributed by atoms with Gasteiger partial charge in [0.25, 0.3) is 0 Å². The van der Waals surface area contributed by atoms with Crippen molar-refractivity contribution < 1.29 is 24.5 Å². The van der Waals surface area contributed by atoms with Crippen molar-refractivity contribution in [2.24, 2.45) is 0 Å². The number of hydrogen-bond acceptors (Lipinski definition) is 5. The van der Waals surface area contributed by atoms with Crippen molar-refractivity contribution in [2.45, 2.75) is 45.3 Å². The number of methoxy groups -OCH3 is 1. The minimum Gasteiger partial charge on any atom is -0.497 e. The summed E-state index contributed by atoms with van der Waals surface area (Å²) in [4.78, 5) is 16.4. The maximum absolute atomic E-state index is 11.7. The number of aliphatic hydroxyl groups excluding tert-OH is 1. The summed E-state index contributed by atoms with van der Waals surface area (Å²) < 4.78 is 12.3. The van der Waals surface area contributed by atoms with E-state index in [-0.39, 0.29) is 6.61 Å². The van der Waals surface area contributed by atoms with Crippen LogP contribution in [0.15, 0.2) is 48.5 Å². The predicted octanol–water partition coefficient (Wildman–Crippen LogP) is 4.52. The summed E-state index contributed by atoms with van der Waals surface area (Å²) in [6.45, 7) is 1.91. The lowest BCUT2D eigenvalue weighted by Gasteiger charge is -2.16. The molecule has 0 saturated carbocycles. The van der Waals surface area contributed by atoms with Crippen molar-refractivity contribution in [3.8, 4) is 11.5 Å². The van der Waals surface area contributed by atoms with E-state index < -0.39 is 12.1 Å². The SMILES string of the molecule is CCCCc1nc(Cc2ccc(OC(C(=O)O)c3ccc(OC)cc3)cc2)c(CO)n1Cl. The fourth-order valence-electron chi connectivity index (χ4n) is 3.37. The highest BCUT2D eigenvalue weighted by Crippen LogP contribution is 2.26. The van der Waals surface area contributed by atoms with E-state index in [2.05, 4.69) is 11.9 Å². The van der Waals surface area contributed by atoms with Crippen LogP contribution in [0.3, 0.4) is 0 Å². The van der Waals surface area contributed by atoms with Crippen LogP contribution >= 0.6 is 11.8 Å². The van der Waals surface area contributed by atoms with Gasteiger partial charge in [0.15, 0.2) is 0 Å². The Hall–Kier alpha value is -3.03. The summed E-state index contributed by atoms with van der Waals surface area (Å²) in [5.74, 6) is 0.739. The zero-order valence-corrected chi connectivity index (χ0v) is 18.9. The van der Waals surface area contributed by atoms with Gasteiger partial charge in [0.05, 0.1) is 25.1 Å². The number of aliphatic carboxylic acids is 1. The molecule has 0 amide bonds. The van der Waals surface area contributed by atoms with Crippen molar-refractivity contribution in [1.29, 1.82) is 0 Å². The summed E-state index contributed by atoms with van der Waals surface area (Å²) in [6, 6.07) is 13.9. The van der Waals surface area contributed by atoms with E-state index in [4.69, 9.17) is 21.3 Å². The summed E-state index contributed by atoms with van der Waals surface area (Å²) in [5.41, 5.74) is 2.77. The standard InChI is InChI=1S/C24H27ClN2O5/c1-3-4-5-22-26-20(21(15-28)27(22)25)14-16-6-10-19(11-7-16)32-23(24(29)30)17-8-12-18(31-2)13-9-17/h6-13,23,28H,3-5,14-15H2,1-2H3,(H,29,30). The number of carboxylic acid groups (broad SMARTS) is 1. The molecule has 2 N–H and O–H groups in total. The molecule has 0 bridgehead atoms. The van der Waals surface area contributed by atoms with Crippen molar-refractivity contribution in [3.63, 3.8) is 0 Å². The van der Waals surface area contributed by atoms with Crippen LogP contribution < -0.4 is 9.47 Å². The molecule has 3 aromatic rings. The molecule has 0 radical (unpaired) electrons. The maximum atomic E-state index is 11.7. The fourth-order valence-corrected chi connectivity index (χ4v) is 3.65. The first-order valence-electron chi connectivity index (χ1n) is 10.5. The number of carbonyl (C=O) groups is 1. The Bertz CT molecular complexity index is 1030. The third-order valence-corrected chi connectivity index (χ3v) is 5.56. The van der Waals surface area contributed by atoms with Crippen LogP contribution in [0.25, 0.3) is 0 Å². The van der Waals surface area contributed by atoms with E-state index in [9.17, 15) is 15.0 Å². The highest BCUT2D eigenvalue weighted by molar-refractivity contribution is 6.16. The number of hydrogen-bond donors (Lipinski definition) is 2. The van der Waals surface area contributed by atoms with Crippen LogP contribution in [0.1, 0.15) is 54.2 Å². The van der Waals surface area contributed by atoms with Crippen LogP contribution in [0.5, 0.6) is 11.5 Å². The molecule has 1 heterocycles. The van der Waals surface area contributed by atoms with Crippen molar-refractivity contribution in [2.75, 3.05) is 7.11 Å². The second kappa shape index (κ2) is 11.0. The number of aliphatic hydroxyl groups is 1. The number of aromatic nitrogens is 2. The lowest BCUT2D eigenvalue weighted by atomic mass is 10.1. The van der Waals surface area contributed by atoms with Crippen LogP contribution in [0.4, 0.5) is 0 Å². The number of carboxylic acids is 1. The number of unbranched alkanes of at least 4 members (excludes halogenated alkanes) is 1. The number of rotatable bonds is 11. The second-order valence-electron chi connectivity index (χ2n) is 7.39. The Morgan fingerprint density at radius 3 is 2.34 bits per heavy atom. The molecule has 0 spiro atoms. The average Bonchev–Trinajstić information content (AvgIpc) is 3.10. The van der Waals surface area contributed by atoms with E-state index >= 15 is 0 Å². The minimum atomic E-state index is -1.14. The molecular formula is C24H27ClN2O5. The Morgan fingerprint density at radius 1 is 1.12 bits per heavy atom. The summed E-state index contributed by atoms with van der Waals surface area (Å²) >= 11 is 6.33. The van der Waals surface area contributed by atoms with Crippen LogP contribution in [-0.4, -0.2) is 32.4 Å². The van der Waals surface area contributed by atoms with Crippen molar-refractivity contribution in [1.82, 2.24) is 9.07 Å². The Kier molecular flexibility index (Phi) is 8.14.